The van der Waals surface area contributed by atoms with E-state index in [9.17, 15) is 14.0 Å². The molecule has 1 aliphatic heterocycles. The van der Waals surface area contributed by atoms with Gasteiger partial charge in [0.2, 0.25) is 11.9 Å². The lowest BCUT2D eigenvalue weighted by Gasteiger charge is -2.25. The van der Waals surface area contributed by atoms with Crippen LogP contribution in [0.5, 0.6) is 11.5 Å². The number of amides is 2. The number of ether oxygens (including phenoxy) is 3. The van der Waals surface area contributed by atoms with E-state index >= 15 is 0 Å². The summed E-state index contributed by atoms with van der Waals surface area (Å²) in [6.45, 7) is 0.570. The quantitative estimate of drug-likeness (QED) is 0.257. The molecule has 4 aromatic rings. The van der Waals surface area contributed by atoms with Crippen molar-refractivity contribution >= 4 is 29.4 Å². The van der Waals surface area contributed by atoms with Crippen LogP contribution in [0.25, 0.3) is 16.9 Å². The van der Waals surface area contributed by atoms with Gasteiger partial charge in [-0.1, -0.05) is 23.7 Å². The molecule has 0 saturated carbocycles. The standard InChI is InChI=1S/C31H30ClFN4O5/c1-40-27-14-13-24(16-28(27)41-2)37-18-26(20-5-9-22(32)10-6-20)34-31(37)35-29(38)19-36(17-25-4-3-15-42-25)30(39)21-7-11-23(33)12-8-21/h5-14,16,18,25H,3-4,15,17,19H2,1-2H3,(H,34,35,38). The zero-order chi connectivity index (χ0) is 29.6. The Labute approximate surface area is 247 Å². The molecule has 42 heavy (non-hydrogen) atoms. The van der Waals surface area contributed by atoms with E-state index in [2.05, 4.69) is 5.32 Å². The molecule has 1 N–H and O–H groups in total. The van der Waals surface area contributed by atoms with Crippen molar-refractivity contribution in [3.63, 3.8) is 0 Å². The molecule has 5 rings (SSSR count). The summed E-state index contributed by atoms with van der Waals surface area (Å²) in [7, 11) is 3.09. The van der Waals surface area contributed by atoms with Gasteiger partial charge in [-0.2, -0.15) is 0 Å². The first kappa shape index (κ1) is 29.1. The number of halogens is 2. The molecule has 1 unspecified atom stereocenters. The van der Waals surface area contributed by atoms with Gasteiger partial charge in [0.05, 0.1) is 31.7 Å². The van der Waals surface area contributed by atoms with Crippen LogP contribution in [-0.2, 0) is 9.53 Å². The molecule has 0 aliphatic carbocycles. The zero-order valence-electron chi connectivity index (χ0n) is 23.2. The van der Waals surface area contributed by atoms with Gasteiger partial charge in [0.15, 0.2) is 11.5 Å². The van der Waals surface area contributed by atoms with Crippen molar-refractivity contribution in [3.8, 4) is 28.4 Å². The van der Waals surface area contributed by atoms with E-state index < -0.39 is 17.6 Å². The lowest BCUT2D eigenvalue weighted by molar-refractivity contribution is -0.117. The lowest BCUT2D eigenvalue weighted by atomic mass is 10.1. The molecule has 1 saturated heterocycles. The number of nitrogens with zero attached hydrogens (tertiary/aromatic N) is 3. The largest absolute Gasteiger partial charge is 0.493 e. The Hall–Kier alpha value is -4.41. The fourth-order valence-electron chi connectivity index (χ4n) is 4.77. The van der Waals surface area contributed by atoms with Gasteiger partial charge in [0.25, 0.3) is 5.91 Å². The number of anilines is 1. The van der Waals surface area contributed by atoms with Gasteiger partial charge >= 0.3 is 0 Å². The molecular weight excluding hydrogens is 563 g/mol. The van der Waals surface area contributed by atoms with Crippen molar-refractivity contribution in [2.75, 3.05) is 39.2 Å². The summed E-state index contributed by atoms with van der Waals surface area (Å²) in [6, 6.07) is 17.8. The number of benzene rings is 3. The van der Waals surface area contributed by atoms with Crippen LogP contribution in [0.4, 0.5) is 10.3 Å². The SMILES string of the molecule is COc1ccc(-n2cc(-c3ccc(Cl)cc3)nc2NC(=O)CN(CC2CCCO2)C(=O)c2ccc(F)cc2)cc1OC. The highest BCUT2D eigenvalue weighted by molar-refractivity contribution is 6.30. The fraction of sp³-hybridized carbons (Fsp3) is 0.258. The van der Waals surface area contributed by atoms with Crippen LogP contribution in [0.1, 0.15) is 23.2 Å². The minimum atomic E-state index is -0.460. The van der Waals surface area contributed by atoms with E-state index in [-0.39, 0.29) is 30.7 Å². The van der Waals surface area contributed by atoms with Crippen LogP contribution in [-0.4, -0.2) is 66.3 Å². The predicted molar refractivity (Wildman–Crippen MR) is 157 cm³/mol. The number of carbonyl (C=O) groups is 2. The molecule has 218 valence electrons. The number of rotatable bonds is 10. The van der Waals surface area contributed by atoms with Crippen molar-refractivity contribution < 1.29 is 28.2 Å². The molecule has 2 amide bonds. The van der Waals surface area contributed by atoms with E-state index in [0.29, 0.717) is 34.5 Å². The van der Waals surface area contributed by atoms with Gasteiger partial charge in [-0.25, -0.2) is 9.37 Å². The maximum Gasteiger partial charge on any atom is 0.254 e. The van der Waals surface area contributed by atoms with Crippen LogP contribution in [0.3, 0.4) is 0 Å². The Morgan fingerprint density at radius 3 is 2.48 bits per heavy atom. The van der Waals surface area contributed by atoms with Crippen LogP contribution >= 0.6 is 11.6 Å². The van der Waals surface area contributed by atoms with Crippen LogP contribution in [0.15, 0.2) is 72.9 Å². The highest BCUT2D eigenvalue weighted by atomic mass is 35.5. The van der Waals surface area contributed by atoms with E-state index in [4.69, 9.17) is 30.8 Å². The molecule has 2 heterocycles. The third-order valence-corrected chi connectivity index (χ3v) is 7.16. The van der Waals surface area contributed by atoms with Gasteiger partial charge in [0, 0.05) is 41.6 Å². The normalized spacial score (nSPS) is 14.4. The molecule has 9 nitrogen and oxygen atoms in total. The maximum absolute atomic E-state index is 13.5. The predicted octanol–water partition coefficient (Wildman–Crippen LogP) is 5.61. The van der Waals surface area contributed by atoms with Crippen LogP contribution < -0.4 is 14.8 Å². The molecule has 0 spiro atoms. The summed E-state index contributed by atoms with van der Waals surface area (Å²) in [6.07, 6.45) is 3.26. The second-order valence-electron chi connectivity index (χ2n) is 9.74. The summed E-state index contributed by atoms with van der Waals surface area (Å²) >= 11 is 6.08. The third kappa shape index (κ3) is 6.72. The zero-order valence-corrected chi connectivity index (χ0v) is 23.9. The molecule has 1 aromatic heterocycles. The summed E-state index contributed by atoms with van der Waals surface area (Å²) in [5, 5.41) is 3.45. The molecular formula is C31H30ClFN4O5. The third-order valence-electron chi connectivity index (χ3n) is 6.90. The molecule has 1 aliphatic rings. The van der Waals surface area contributed by atoms with Crippen LogP contribution in [0, 0.1) is 5.82 Å². The first-order valence-electron chi connectivity index (χ1n) is 13.4. The number of carbonyl (C=O) groups excluding carboxylic acids is 2. The summed E-state index contributed by atoms with van der Waals surface area (Å²) in [5.41, 5.74) is 2.32. The van der Waals surface area contributed by atoms with E-state index in [1.54, 1.807) is 42.1 Å². The number of hydrogen-bond donors (Lipinski definition) is 1. The number of methoxy groups -OCH3 is 2. The number of imidazole rings is 1. The molecule has 0 bridgehead atoms. The summed E-state index contributed by atoms with van der Waals surface area (Å²) in [4.78, 5) is 33.0. The fourth-order valence-corrected chi connectivity index (χ4v) is 4.89. The first-order chi connectivity index (χ1) is 20.3. The Balaban J connectivity index is 1.44. The Bertz CT molecular complexity index is 1550. The number of hydrogen-bond acceptors (Lipinski definition) is 6. The monoisotopic (exact) mass is 592 g/mol. The van der Waals surface area contributed by atoms with Gasteiger partial charge in [-0.05, 0) is 61.4 Å². The van der Waals surface area contributed by atoms with Crippen molar-refractivity contribution in [1.82, 2.24) is 14.5 Å². The molecule has 11 heteroatoms. The minimum absolute atomic E-state index is 0.188. The van der Waals surface area contributed by atoms with Crippen LogP contribution in [0.2, 0.25) is 5.02 Å². The Morgan fingerprint density at radius 1 is 1.07 bits per heavy atom. The Kier molecular flexibility index (Phi) is 9.04. The summed E-state index contributed by atoms with van der Waals surface area (Å²) < 4.78 is 31.8. The van der Waals surface area contributed by atoms with Crippen molar-refractivity contribution in [2.45, 2.75) is 18.9 Å². The summed E-state index contributed by atoms with van der Waals surface area (Å²) in [5.74, 6) is -0.0169. The van der Waals surface area contributed by atoms with Crippen molar-refractivity contribution in [1.29, 1.82) is 0 Å². The van der Waals surface area contributed by atoms with Crippen molar-refractivity contribution in [2.24, 2.45) is 0 Å². The van der Waals surface area contributed by atoms with Gasteiger partial charge < -0.3 is 19.1 Å². The molecule has 1 fully saturated rings. The van der Waals surface area contributed by atoms with E-state index in [1.165, 1.54) is 36.3 Å². The first-order valence-corrected chi connectivity index (χ1v) is 13.8. The van der Waals surface area contributed by atoms with Gasteiger partial charge in [-0.15, -0.1) is 0 Å². The topological polar surface area (TPSA) is 94.9 Å². The number of aromatic nitrogens is 2. The highest BCUT2D eigenvalue weighted by Gasteiger charge is 2.26. The second kappa shape index (κ2) is 13.1. The van der Waals surface area contributed by atoms with E-state index in [0.717, 1.165) is 18.4 Å². The highest BCUT2D eigenvalue weighted by Crippen LogP contribution is 2.32. The molecule has 1 atom stereocenters. The van der Waals surface area contributed by atoms with E-state index in [1.807, 2.05) is 18.2 Å². The smallest absolute Gasteiger partial charge is 0.254 e. The minimum Gasteiger partial charge on any atom is -0.493 e. The van der Waals surface area contributed by atoms with Gasteiger partial charge in [-0.3, -0.25) is 19.5 Å². The second-order valence-corrected chi connectivity index (χ2v) is 10.2. The average molecular weight is 593 g/mol. The van der Waals surface area contributed by atoms with Gasteiger partial charge in [0.1, 0.15) is 12.4 Å². The Morgan fingerprint density at radius 2 is 1.81 bits per heavy atom. The maximum atomic E-state index is 13.5. The molecule has 3 aromatic carbocycles. The number of nitrogens with one attached hydrogen (secondary N) is 1. The lowest BCUT2D eigenvalue weighted by Crippen LogP contribution is -2.42. The average Bonchev–Trinajstić information content (AvgIpc) is 3.67. The van der Waals surface area contributed by atoms with Crippen molar-refractivity contribution in [3.05, 3.63) is 89.3 Å². The molecule has 0 radical (unpaired) electrons.